The highest BCUT2D eigenvalue weighted by atomic mass is 35.5. The third kappa shape index (κ3) is 4.27. The number of nitrogens with zero attached hydrogens (tertiary/aromatic N) is 4. The molecule has 2 atom stereocenters. The number of thiazole rings is 1. The minimum Gasteiger partial charge on any atom is -0.447 e. The zero-order valence-corrected chi connectivity index (χ0v) is 19.5. The van der Waals surface area contributed by atoms with E-state index in [0.29, 0.717) is 40.6 Å². The number of benzene rings is 1. The van der Waals surface area contributed by atoms with Crippen LogP contribution in [0.15, 0.2) is 62.8 Å². The van der Waals surface area contributed by atoms with E-state index in [0.717, 1.165) is 18.5 Å². The quantitative estimate of drug-likeness (QED) is 0.456. The molecule has 182 valence electrons. The third-order valence-electron chi connectivity index (χ3n) is 5.93. The van der Waals surface area contributed by atoms with Gasteiger partial charge in [0.25, 0.3) is 0 Å². The van der Waals surface area contributed by atoms with Crippen molar-refractivity contribution in [3.63, 3.8) is 0 Å². The van der Waals surface area contributed by atoms with Crippen LogP contribution in [0.25, 0.3) is 0 Å². The van der Waals surface area contributed by atoms with Crippen LogP contribution in [0.5, 0.6) is 0 Å². The van der Waals surface area contributed by atoms with Crippen LogP contribution < -0.4 is 11.1 Å². The zero-order chi connectivity index (χ0) is 24.7. The Kier molecular flexibility index (Phi) is 6.01. The highest BCUT2D eigenvalue weighted by molar-refractivity contribution is 7.11. The lowest BCUT2D eigenvalue weighted by Gasteiger charge is -2.33. The van der Waals surface area contributed by atoms with Crippen LogP contribution in [0.2, 0.25) is 5.02 Å². The number of hydrogen-bond acceptors (Lipinski definition) is 8. The van der Waals surface area contributed by atoms with Gasteiger partial charge in [-0.15, -0.1) is 11.3 Å². The maximum absolute atomic E-state index is 13.9. The smallest absolute Gasteiger partial charge is 0.407 e. The predicted octanol–water partition coefficient (Wildman–Crippen LogP) is 4.01. The molecular weight excluding hydrogens is 505 g/mol. The largest absolute Gasteiger partial charge is 0.447 e. The van der Waals surface area contributed by atoms with E-state index in [1.165, 1.54) is 23.5 Å². The summed E-state index contributed by atoms with van der Waals surface area (Å²) in [4.78, 5) is 26.3. The summed E-state index contributed by atoms with van der Waals surface area (Å²) in [5.41, 5.74) is 6.87. The molecule has 3 aliphatic heterocycles. The number of aliphatic imine (C=N–C) groups is 2. The Hall–Kier alpha value is -3.38. The van der Waals surface area contributed by atoms with Gasteiger partial charge in [-0.1, -0.05) is 17.7 Å². The summed E-state index contributed by atoms with van der Waals surface area (Å²) in [6, 6.07) is 3.06. The summed E-state index contributed by atoms with van der Waals surface area (Å²) >= 11 is 7.78. The molecule has 4 heterocycles. The van der Waals surface area contributed by atoms with Gasteiger partial charge >= 0.3 is 12.6 Å². The molecule has 1 aromatic carbocycles. The number of carbonyl (C=O) groups is 1. The molecule has 0 saturated carbocycles. The van der Waals surface area contributed by atoms with Crippen LogP contribution in [-0.4, -0.2) is 53.3 Å². The van der Waals surface area contributed by atoms with Crippen molar-refractivity contribution in [1.29, 1.82) is 0 Å². The van der Waals surface area contributed by atoms with Gasteiger partial charge in [-0.05, 0) is 17.7 Å². The van der Waals surface area contributed by atoms with Crippen LogP contribution in [0.4, 0.5) is 18.0 Å². The first kappa shape index (κ1) is 23.4. The molecule has 0 radical (unpaired) electrons. The van der Waals surface area contributed by atoms with Crippen LogP contribution in [0.1, 0.15) is 23.0 Å². The molecule has 2 saturated heterocycles. The molecule has 3 aliphatic rings. The molecule has 35 heavy (non-hydrogen) atoms. The first-order valence-electron chi connectivity index (χ1n) is 10.4. The van der Waals surface area contributed by atoms with E-state index in [2.05, 4.69) is 15.3 Å². The highest BCUT2D eigenvalue weighted by Gasteiger charge is 2.51. The Labute approximate surface area is 206 Å². The predicted molar refractivity (Wildman–Crippen MR) is 125 cm³/mol. The first-order valence-corrected chi connectivity index (χ1v) is 11.7. The maximum atomic E-state index is 13.9. The van der Waals surface area contributed by atoms with Gasteiger partial charge in [-0.25, -0.2) is 19.2 Å². The lowest BCUT2D eigenvalue weighted by molar-refractivity contribution is 0.160. The Morgan fingerprint density at radius 1 is 1.46 bits per heavy atom. The molecule has 13 heteroatoms. The minimum absolute atomic E-state index is 0.108. The Bertz CT molecular complexity index is 1300. The van der Waals surface area contributed by atoms with Crippen LogP contribution in [-0.2, 0) is 4.74 Å². The van der Waals surface area contributed by atoms with Gasteiger partial charge < -0.3 is 20.7 Å². The second kappa shape index (κ2) is 9.00. The number of aromatic nitrogens is 1. The van der Waals surface area contributed by atoms with Gasteiger partial charge in [-0.3, -0.25) is 4.99 Å². The molecule has 1 amide bonds. The van der Waals surface area contributed by atoms with Crippen LogP contribution >= 0.6 is 22.9 Å². The number of carbonyl (C=O) groups excluding carboxylic acids is 1. The third-order valence-corrected chi connectivity index (χ3v) is 7.02. The van der Waals surface area contributed by atoms with Crippen molar-refractivity contribution in [3.8, 4) is 0 Å². The SMILES string of the molecule is NC=C(C=NC(F)F)C1=C2C[C@@]3(COC(=O)N3)CN2C(c2nccs2)=N[C@H]1c1ccc(F)cc1Cl. The monoisotopic (exact) mass is 522 g/mol. The number of nitrogens with two attached hydrogens (primary N) is 1. The number of ether oxygens (including phenoxy) is 1. The number of halogens is 4. The summed E-state index contributed by atoms with van der Waals surface area (Å²) in [5.74, 6) is -0.0293. The average Bonchev–Trinajstić information content (AvgIpc) is 3.54. The van der Waals surface area contributed by atoms with E-state index in [-0.39, 0.29) is 17.2 Å². The number of hydrogen-bond donors (Lipinski definition) is 2. The molecule has 1 spiro atoms. The van der Waals surface area contributed by atoms with E-state index in [1.54, 1.807) is 11.6 Å². The number of fused-ring (bicyclic) bond motifs is 1. The molecule has 0 unspecified atom stereocenters. The topological polar surface area (TPSA) is 105 Å². The Balaban J connectivity index is 1.74. The van der Waals surface area contributed by atoms with Gasteiger partial charge in [0.2, 0.25) is 0 Å². The molecule has 1 aromatic heterocycles. The number of amides is 1. The van der Waals surface area contributed by atoms with E-state index in [4.69, 9.17) is 27.1 Å². The number of cyclic esters (lactones) is 1. The minimum atomic E-state index is -2.95. The summed E-state index contributed by atoms with van der Waals surface area (Å²) in [6.07, 6.45) is 3.53. The number of nitrogens with one attached hydrogen (secondary N) is 1. The second-order valence-corrected chi connectivity index (χ2v) is 9.44. The van der Waals surface area contributed by atoms with Crippen molar-refractivity contribution in [2.75, 3.05) is 13.2 Å². The maximum Gasteiger partial charge on any atom is 0.407 e. The highest BCUT2D eigenvalue weighted by Crippen LogP contribution is 2.47. The molecule has 0 bridgehead atoms. The van der Waals surface area contributed by atoms with Gasteiger partial charge in [-0.2, -0.15) is 8.78 Å². The molecule has 2 aromatic rings. The van der Waals surface area contributed by atoms with E-state index in [9.17, 15) is 18.0 Å². The molecule has 5 rings (SSSR count). The molecule has 8 nitrogen and oxygen atoms in total. The van der Waals surface area contributed by atoms with Crippen molar-refractivity contribution >= 4 is 41.1 Å². The van der Waals surface area contributed by atoms with E-state index in [1.807, 2.05) is 4.90 Å². The number of alkyl carbamates (subject to hydrolysis) is 1. The number of alkyl halides is 2. The molecule has 2 fully saturated rings. The van der Waals surface area contributed by atoms with Crippen molar-refractivity contribution in [3.05, 3.63) is 74.2 Å². The van der Waals surface area contributed by atoms with Crippen molar-refractivity contribution < 1.29 is 22.7 Å². The second-order valence-electron chi connectivity index (χ2n) is 8.14. The lowest BCUT2D eigenvalue weighted by atomic mass is 9.88. The fraction of sp³-hybridized carbons (Fsp3) is 0.273. The standard InChI is InChI=1S/C22H18ClF3N6O2S/c23-14-5-12(24)1-2-13(14)17-16(11(7-27)8-29-20(25)26)15-6-22(10-34-21(33)31-22)9-32(15)18(30-17)19-28-3-4-35-19/h1-5,7-8,17,20H,6,9-10,27H2,(H,31,33)/t17-,22-/m0/s1. The fourth-order valence-corrected chi connectivity index (χ4v) is 5.43. The molecule has 0 aliphatic carbocycles. The van der Waals surface area contributed by atoms with Gasteiger partial charge in [0.1, 0.15) is 24.0 Å². The lowest BCUT2D eigenvalue weighted by Crippen LogP contribution is -2.46. The fourth-order valence-electron chi connectivity index (χ4n) is 4.52. The summed E-state index contributed by atoms with van der Waals surface area (Å²) in [7, 11) is 0. The Morgan fingerprint density at radius 2 is 2.29 bits per heavy atom. The zero-order valence-electron chi connectivity index (χ0n) is 17.9. The first-order chi connectivity index (χ1) is 16.8. The normalized spacial score (nSPS) is 24.4. The van der Waals surface area contributed by atoms with Gasteiger partial charge in [0.15, 0.2) is 10.8 Å². The Morgan fingerprint density at radius 3 is 2.91 bits per heavy atom. The molecular formula is C22H18ClF3N6O2S. The van der Waals surface area contributed by atoms with Crippen molar-refractivity contribution in [2.45, 2.75) is 24.6 Å². The average molecular weight is 523 g/mol. The number of amidine groups is 1. The number of rotatable bonds is 5. The van der Waals surface area contributed by atoms with Gasteiger partial charge in [0.05, 0.1) is 6.54 Å². The van der Waals surface area contributed by atoms with E-state index >= 15 is 0 Å². The van der Waals surface area contributed by atoms with Crippen LogP contribution in [0, 0.1) is 5.82 Å². The van der Waals surface area contributed by atoms with E-state index < -0.39 is 30.0 Å². The summed E-state index contributed by atoms with van der Waals surface area (Å²) in [5, 5.41) is 5.37. The van der Waals surface area contributed by atoms with Gasteiger partial charge in [0, 0.05) is 52.3 Å². The van der Waals surface area contributed by atoms with Crippen molar-refractivity contribution in [1.82, 2.24) is 15.2 Å². The summed E-state index contributed by atoms with van der Waals surface area (Å²) < 4.78 is 45.0. The summed E-state index contributed by atoms with van der Waals surface area (Å²) in [6.45, 7) is -2.53. The van der Waals surface area contributed by atoms with Crippen molar-refractivity contribution in [2.24, 2.45) is 15.7 Å². The van der Waals surface area contributed by atoms with Crippen LogP contribution in [0.3, 0.4) is 0 Å². The molecule has 3 N–H and O–H groups in total.